The fourth-order valence-corrected chi connectivity index (χ4v) is 3.41. The van der Waals surface area contributed by atoms with Crippen molar-refractivity contribution in [1.82, 2.24) is 4.98 Å². The van der Waals surface area contributed by atoms with Gasteiger partial charge < -0.3 is 10.2 Å². The number of carboxylic acid groups (broad SMARTS) is 1. The molecule has 0 unspecified atom stereocenters. The Labute approximate surface area is 145 Å². The van der Waals surface area contributed by atoms with Gasteiger partial charge in [0.05, 0.1) is 11.3 Å². The summed E-state index contributed by atoms with van der Waals surface area (Å²) in [4.78, 5) is 15.8. The van der Waals surface area contributed by atoms with Gasteiger partial charge in [0.2, 0.25) is 0 Å². The highest BCUT2D eigenvalue weighted by molar-refractivity contribution is 6.30. The first-order valence-electron chi connectivity index (χ1n) is 7.94. The van der Waals surface area contributed by atoms with Gasteiger partial charge in [-0.3, -0.25) is 4.98 Å². The normalized spacial score (nSPS) is 14.2. The van der Waals surface area contributed by atoms with Gasteiger partial charge in [-0.15, -0.1) is 0 Å². The number of aromatic hydroxyl groups is 1. The van der Waals surface area contributed by atoms with Gasteiger partial charge in [-0.1, -0.05) is 18.5 Å². The van der Waals surface area contributed by atoms with E-state index in [1.54, 1.807) is 30.5 Å². The molecule has 1 aromatic heterocycles. The smallest absolute Gasteiger partial charge is 0.337 e. The van der Waals surface area contributed by atoms with Crippen molar-refractivity contribution >= 4 is 28.7 Å². The first kappa shape index (κ1) is 16.5. The molecule has 0 amide bonds. The molecule has 24 heavy (non-hydrogen) atoms. The molecule has 0 saturated heterocycles. The number of phenolic OH excluding ortho intramolecular Hbond substituents is 1. The van der Waals surface area contributed by atoms with Gasteiger partial charge in [-0.2, -0.15) is 0 Å². The lowest BCUT2D eigenvalue weighted by Gasteiger charge is -2.12. The summed E-state index contributed by atoms with van der Waals surface area (Å²) >= 11 is 6.07. The molecule has 0 atom stereocenters. The number of carbonyl (C=O) groups is 1. The van der Waals surface area contributed by atoms with E-state index >= 15 is 0 Å². The van der Waals surface area contributed by atoms with Crippen LogP contribution in [-0.2, 0) is 6.42 Å². The monoisotopic (exact) mass is 343 g/mol. The fourth-order valence-electron chi connectivity index (χ4n) is 3.23. The molecule has 1 aliphatic carbocycles. The number of rotatable bonds is 4. The quantitative estimate of drug-likeness (QED) is 0.836. The maximum absolute atomic E-state index is 11.5. The Bertz CT molecular complexity index is 843. The molecule has 3 rings (SSSR count). The van der Waals surface area contributed by atoms with E-state index in [0.29, 0.717) is 22.7 Å². The second kappa shape index (κ2) is 6.65. The van der Waals surface area contributed by atoms with Crippen molar-refractivity contribution in [3.8, 4) is 5.75 Å². The van der Waals surface area contributed by atoms with Gasteiger partial charge in [0, 0.05) is 16.8 Å². The summed E-state index contributed by atoms with van der Waals surface area (Å²) in [5.74, 6) is -0.780. The molecule has 0 spiro atoms. The molecular weight excluding hydrogens is 326 g/mol. The Hall–Kier alpha value is -2.33. The molecule has 1 aliphatic rings. The van der Waals surface area contributed by atoms with Gasteiger partial charge in [0.15, 0.2) is 0 Å². The highest BCUT2D eigenvalue weighted by Gasteiger charge is 2.22. The Morgan fingerprint density at radius 2 is 2.00 bits per heavy atom. The van der Waals surface area contributed by atoms with Gasteiger partial charge >= 0.3 is 5.97 Å². The Morgan fingerprint density at radius 1 is 1.25 bits per heavy atom. The topological polar surface area (TPSA) is 70.4 Å². The number of phenols is 1. The Kier molecular flexibility index (Phi) is 4.58. The van der Waals surface area contributed by atoms with Crippen LogP contribution in [0.25, 0.3) is 11.1 Å². The second-order valence-electron chi connectivity index (χ2n) is 5.85. The average Bonchev–Trinajstić information content (AvgIpc) is 3.05. The number of hydrogen-bond donors (Lipinski definition) is 2. The molecule has 0 bridgehead atoms. The van der Waals surface area contributed by atoms with Crippen molar-refractivity contribution in [2.45, 2.75) is 32.6 Å². The molecule has 0 aliphatic heterocycles. The third-order valence-electron chi connectivity index (χ3n) is 4.39. The molecule has 1 aromatic carbocycles. The molecule has 2 aromatic rings. The number of benzene rings is 1. The van der Waals surface area contributed by atoms with E-state index in [1.165, 1.54) is 0 Å². The average molecular weight is 344 g/mol. The number of allylic oxidation sites excluding steroid dienone is 2. The highest BCUT2D eigenvalue weighted by Crippen LogP contribution is 2.43. The van der Waals surface area contributed by atoms with Crippen LogP contribution in [0.4, 0.5) is 0 Å². The van der Waals surface area contributed by atoms with Crippen LogP contribution < -0.4 is 0 Å². The highest BCUT2D eigenvalue weighted by atomic mass is 35.5. The molecule has 5 heteroatoms. The number of carboxylic acids is 1. The predicted octanol–water partition coefficient (Wildman–Crippen LogP) is 4.80. The maximum atomic E-state index is 11.5. The largest absolute Gasteiger partial charge is 0.507 e. The molecule has 0 fully saturated rings. The van der Waals surface area contributed by atoms with Crippen molar-refractivity contribution < 1.29 is 15.0 Å². The van der Waals surface area contributed by atoms with E-state index < -0.39 is 5.97 Å². The number of aryl methyl sites for hydroxylation is 1. The zero-order valence-corrected chi connectivity index (χ0v) is 14.1. The lowest BCUT2D eigenvalue weighted by atomic mass is 9.96. The third kappa shape index (κ3) is 3.02. The first-order valence-corrected chi connectivity index (χ1v) is 8.32. The standard InChI is InChI=1S/C19H18ClNO3/c1-2-17-16(19(23)24)8-11(10-21-17)13-4-3-5-14(13)15-9-12(20)6-7-18(15)22/h6-10,22H,2-5H2,1H3,(H,23,24). The van der Waals surface area contributed by atoms with Crippen LogP contribution in [0, 0.1) is 0 Å². The van der Waals surface area contributed by atoms with Crippen molar-refractivity contribution in [2.24, 2.45) is 0 Å². The summed E-state index contributed by atoms with van der Waals surface area (Å²) in [6, 6.07) is 6.68. The lowest BCUT2D eigenvalue weighted by molar-refractivity contribution is 0.0695. The molecule has 1 heterocycles. The van der Waals surface area contributed by atoms with Crippen LogP contribution in [-0.4, -0.2) is 21.2 Å². The van der Waals surface area contributed by atoms with E-state index in [2.05, 4.69) is 4.98 Å². The van der Waals surface area contributed by atoms with E-state index in [-0.39, 0.29) is 11.3 Å². The Morgan fingerprint density at radius 3 is 2.71 bits per heavy atom. The van der Waals surface area contributed by atoms with Crippen molar-refractivity contribution in [3.05, 3.63) is 57.9 Å². The van der Waals surface area contributed by atoms with Crippen LogP contribution in [0.15, 0.2) is 30.5 Å². The van der Waals surface area contributed by atoms with Crippen LogP contribution in [0.1, 0.15) is 53.4 Å². The minimum atomic E-state index is -0.966. The molecule has 4 nitrogen and oxygen atoms in total. The SMILES string of the molecule is CCc1ncc(C2=C(c3cc(Cl)ccc3O)CCC2)cc1C(=O)O. The number of aromatic nitrogens is 1. The van der Waals surface area contributed by atoms with Gasteiger partial charge in [-0.25, -0.2) is 4.79 Å². The van der Waals surface area contributed by atoms with Gasteiger partial charge in [0.1, 0.15) is 5.75 Å². The molecule has 0 radical (unpaired) electrons. The number of halogens is 1. The molecular formula is C19H18ClNO3. The summed E-state index contributed by atoms with van der Waals surface area (Å²) < 4.78 is 0. The second-order valence-corrected chi connectivity index (χ2v) is 6.29. The van der Waals surface area contributed by atoms with E-state index in [4.69, 9.17) is 11.6 Å². The summed E-state index contributed by atoms with van der Waals surface area (Å²) in [5.41, 5.74) is 4.38. The van der Waals surface area contributed by atoms with Crippen LogP contribution in [0.5, 0.6) is 5.75 Å². The Balaban J connectivity index is 2.15. The molecule has 0 saturated carbocycles. The number of hydrogen-bond acceptors (Lipinski definition) is 3. The van der Waals surface area contributed by atoms with E-state index in [9.17, 15) is 15.0 Å². The number of aromatic carboxylic acids is 1. The summed E-state index contributed by atoms with van der Waals surface area (Å²) in [5, 5.41) is 20.2. The number of nitrogens with zero attached hydrogens (tertiary/aromatic N) is 1. The first-order chi connectivity index (χ1) is 11.5. The maximum Gasteiger partial charge on any atom is 0.337 e. The number of pyridine rings is 1. The van der Waals surface area contributed by atoms with E-state index in [0.717, 1.165) is 36.0 Å². The van der Waals surface area contributed by atoms with Crippen LogP contribution in [0.3, 0.4) is 0 Å². The third-order valence-corrected chi connectivity index (χ3v) is 4.62. The van der Waals surface area contributed by atoms with E-state index in [1.807, 2.05) is 6.92 Å². The zero-order valence-electron chi connectivity index (χ0n) is 13.3. The summed E-state index contributed by atoms with van der Waals surface area (Å²) in [7, 11) is 0. The van der Waals surface area contributed by atoms with Crippen molar-refractivity contribution in [3.63, 3.8) is 0 Å². The minimum absolute atomic E-state index is 0.186. The van der Waals surface area contributed by atoms with Gasteiger partial charge in [-0.05, 0) is 66.7 Å². The van der Waals surface area contributed by atoms with Gasteiger partial charge in [0.25, 0.3) is 0 Å². The molecule has 2 N–H and O–H groups in total. The molecule has 124 valence electrons. The predicted molar refractivity (Wildman–Crippen MR) is 94.4 cm³/mol. The summed E-state index contributed by atoms with van der Waals surface area (Å²) in [6.07, 6.45) is 4.90. The minimum Gasteiger partial charge on any atom is -0.507 e. The lowest BCUT2D eigenvalue weighted by Crippen LogP contribution is -2.05. The van der Waals surface area contributed by atoms with Crippen molar-refractivity contribution in [2.75, 3.05) is 0 Å². The zero-order chi connectivity index (χ0) is 17.3. The fraction of sp³-hybridized carbons (Fsp3) is 0.263. The van der Waals surface area contributed by atoms with Crippen LogP contribution >= 0.6 is 11.6 Å². The van der Waals surface area contributed by atoms with Crippen molar-refractivity contribution in [1.29, 1.82) is 0 Å². The summed E-state index contributed by atoms with van der Waals surface area (Å²) in [6.45, 7) is 1.89. The van der Waals surface area contributed by atoms with Crippen LogP contribution in [0.2, 0.25) is 5.02 Å².